The van der Waals surface area contributed by atoms with Crippen molar-refractivity contribution in [2.45, 2.75) is 19.4 Å². The summed E-state index contributed by atoms with van der Waals surface area (Å²) in [5.41, 5.74) is 1.53. The minimum atomic E-state index is -0.0860. The Kier molecular flexibility index (Phi) is 4.33. The predicted octanol–water partition coefficient (Wildman–Crippen LogP) is -0.299. The Morgan fingerprint density at radius 1 is 1.72 bits per heavy atom. The minimum Gasteiger partial charge on any atom is -0.378 e. The van der Waals surface area contributed by atoms with E-state index in [0.717, 1.165) is 25.3 Å². The number of carbonyl (C=O) groups excluding carboxylic acids is 1. The largest absolute Gasteiger partial charge is 0.378 e. The molecule has 0 radical (unpaired) electrons. The Morgan fingerprint density at radius 2 is 2.56 bits per heavy atom. The molecular weight excluding hydrogens is 232 g/mol. The predicted molar refractivity (Wildman–Crippen MR) is 67.5 cm³/mol. The van der Waals surface area contributed by atoms with E-state index in [-0.39, 0.29) is 11.9 Å². The van der Waals surface area contributed by atoms with Gasteiger partial charge in [0.05, 0.1) is 18.9 Å². The van der Waals surface area contributed by atoms with Crippen molar-refractivity contribution < 1.29 is 9.53 Å². The quantitative estimate of drug-likeness (QED) is 0.772. The standard InChI is InChI=1S/C12H20N4O2/c1-3-9-6-11(16(2)15-9)12(17)14-7-10-8-18-5-4-13-10/h6,10,13H,3-5,7-8H2,1-2H3,(H,14,17). The fourth-order valence-electron chi connectivity index (χ4n) is 1.97. The molecule has 2 rings (SSSR count). The van der Waals surface area contributed by atoms with Crippen molar-refractivity contribution in [3.63, 3.8) is 0 Å². The van der Waals surface area contributed by atoms with E-state index in [1.54, 1.807) is 11.7 Å². The molecule has 18 heavy (non-hydrogen) atoms. The Balaban J connectivity index is 1.88. The van der Waals surface area contributed by atoms with Crippen LogP contribution < -0.4 is 10.6 Å². The van der Waals surface area contributed by atoms with Crippen LogP contribution in [0, 0.1) is 0 Å². The molecule has 1 atom stereocenters. The van der Waals surface area contributed by atoms with E-state index in [1.807, 2.05) is 13.0 Å². The molecule has 1 aliphatic heterocycles. The Bertz CT molecular complexity index is 410. The van der Waals surface area contributed by atoms with Gasteiger partial charge in [-0.3, -0.25) is 9.48 Å². The maximum Gasteiger partial charge on any atom is 0.269 e. The number of nitrogens with one attached hydrogen (secondary N) is 2. The van der Waals surface area contributed by atoms with E-state index in [1.165, 1.54) is 0 Å². The van der Waals surface area contributed by atoms with E-state index in [9.17, 15) is 4.79 Å². The molecule has 100 valence electrons. The van der Waals surface area contributed by atoms with Gasteiger partial charge in [-0.25, -0.2) is 0 Å². The highest BCUT2D eigenvalue weighted by Crippen LogP contribution is 2.03. The van der Waals surface area contributed by atoms with Crippen molar-refractivity contribution in [1.82, 2.24) is 20.4 Å². The van der Waals surface area contributed by atoms with E-state index in [0.29, 0.717) is 18.8 Å². The van der Waals surface area contributed by atoms with Gasteiger partial charge >= 0.3 is 0 Å². The van der Waals surface area contributed by atoms with E-state index >= 15 is 0 Å². The Hall–Kier alpha value is -1.40. The van der Waals surface area contributed by atoms with Gasteiger partial charge in [-0.1, -0.05) is 6.92 Å². The second kappa shape index (κ2) is 5.97. The fraction of sp³-hybridized carbons (Fsp3) is 0.667. The lowest BCUT2D eigenvalue weighted by atomic mass is 10.2. The third-order valence-electron chi connectivity index (χ3n) is 3.03. The number of nitrogens with zero attached hydrogens (tertiary/aromatic N) is 2. The van der Waals surface area contributed by atoms with Crippen LogP contribution in [0.25, 0.3) is 0 Å². The summed E-state index contributed by atoms with van der Waals surface area (Å²) in [5, 5.41) is 10.5. The van der Waals surface area contributed by atoms with Crippen LogP contribution in [0.4, 0.5) is 0 Å². The highest BCUT2D eigenvalue weighted by atomic mass is 16.5. The second-order valence-electron chi connectivity index (χ2n) is 4.43. The third kappa shape index (κ3) is 3.08. The van der Waals surface area contributed by atoms with Gasteiger partial charge in [0, 0.05) is 26.2 Å². The average molecular weight is 252 g/mol. The van der Waals surface area contributed by atoms with Gasteiger partial charge in [-0.05, 0) is 12.5 Å². The smallest absolute Gasteiger partial charge is 0.269 e. The highest BCUT2D eigenvalue weighted by molar-refractivity contribution is 5.92. The number of rotatable bonds is 4. The molecule has 1 aromatic heterocycles. The number of aryl methyl sites for hydroxylation is 2. The van der Waals surface area contributed by atoms with Crippen molar-refractivity contribution >= 4 is 5.91 Å². The monoisotopic (exact) mass is 252 g/mol. The lowest BCUT2D eigenvalue weighted by Gasteiger charge is -2.23. The van der Waals surface area contributed by atoms with Crippen LogP contribution in [-0.4, -0.2) is 48.0 Å². The molecule has 1 aromatic rings. The zero-order chi connectivity index (χ0) is 13.0. The Morgan fingerprint density at radius 3 is 3.17 bits per heavy atom. The molecule has 0 saturated carbocycles. The number of carbonyl (C=O) groups is 1. The maximum atomic E-state index is 12.0. The van der Waals surface area contributed by atoms with Crippen LogP contribution in [0.2, 0.25) is 0 Å². The molecule has 2 heterocycles. The van der Waals surface area contributed by atoms with Gasteiger partial charge in [0.25, 0.3) is 5.91 Å². The molecular formula is C12H20N4O2. The summed E-state index contributed by atoms with van der Waals surface area (Å²) in [6, 6.07) is 2.03. The van der Waals surface area contributed by atoms with Gasteiger partial charge in [-0.15, -0.1) is 0 Å². The number of morpholine rings is 1. The zero-order valence-corrected chi connectivity index (χ0v) is 10.9. The van der Waals surface area contributed by atoms with Crippen LogP contribution in [0.1, 0.15) is 23.1 Å². The summed E-state index contributed by atoms with van der Waals surface area (Å²) in [7, 11) is 1.79. The molecule has 0 aliphatic carbocycles. The number of ether oxygens (including phenoxy) is 1. The molecule has 1 unspecified atom stereocenters. The van der Waals surface area contributed by atoms with Crippen molar-refractivity contribution in [2.24, 2.45) is 7.05 Å². The van der Waals surface area contributed by atoms with Gasteiger partial charge in [-0.2, -0.15) is 5.10 Å². The number of hydrogen-bond acceptors (Lipinski definition) is 4. The van der Waals surface area contributed by atoms with Crippen molar-refractivity contribution in [2.75, 3.05) is 26.3 Å². The summed E-state index contributed by atoms with van der Waals surface area (Å²) in [5.74, 6) is -0.0860. The van der Waals surface area contributed by atoms with Crippen LogP contribution in [0.15, 0.2) is 6.07 Å². The van der Waals surface area contributed by atoms with Gasteiger partial charge in [0.15, 0.2) is 0 Å². The van der Waals surface area contributed by atoms with Crippen LogP contribution in [-0.2, 0) is 18.2 Å². The van der Waals surface area contributed by atoms with E-state index in [2.05, 4.69) is 15.7 Å². The fourth-order valence-corrected chi connectivity index (χ4v) is 1.97. The summed E-state index contributed by atoms with van der Waals surface area (Å²) in [6.07, 6.45) is 0.832. The molecule has 6 heteroatoms. The van der Waals surface area contributed by atoms with Gasteiger partial charge in [0.2, 0.25) is 0 Å². The molecule has 0 bridgehead atoms. The minimum absolute atomic E-state index is 0.0860. The lowest BCUT2D eigenvalue weighted by molar-refractivity contribution is 0.0732. The lowest BCUT2D eigenvalue weighted by Crippen LogP contribution is -2.48. The van der Waals surface area contributed by atoms with Crippen LogP contribution >= 0.6 is 0 Å². The second-order valence-corrected chi connectivity index (χ2v) is 4.43. The highest BCUT2D eigenvalue weighted by Gasteiger charge is 2.16. The first-order valence-electron chi connectivity index (χ1n) is 6.33. The molecule has 0 spiro atoms. The van der Waals surface area contributed by atoms with Crippen molar-refractivity contribution in [1.29, 1.82) is 0 Å². The zero-order valence-electron chi connectivity index (χ0n) is 10.9. The van der Waals surface area contributed by atoms with Crippen LogP contribution in [0.5, 0.6) is 0 Å². The van der Waals surface area contributed by atoms with Gasteiger partial charge < -0.3 is 15.4 Å². The van der Waals surface area contributed by atoms with Crippen molar-refractivity contribution in [3.05, 3.63) is 17.5 Å². The summed E-state index contributed by atoms with van der Waals surface area (Å²) in [4.78, 5) is 12.0. The first-order valence-corrected chi connectivity index (χ1v) is 6.33. The van der Waals surface area contributed by atoms with E-state index < -0.39 is 0 Å². The molecule has 1 fully saturated rings. The summed E-state index contributed by atoms with van der Waals surface area (Å²) in [6.45, 7) is 4.82. The SMILES string of the molecule is CCc1cc(C(=O)NCC2COCCN2)n(C)n1. The Labute approximate surface area is 107 Å². The number of amides is 1. The molecule has 1 aliphatic rings. The molecule has 0 aromatic carbocycles. The normalized spacial score (nSPS) is 19.8. The molecule has 6 nitrogen and oxygen atoms in total. The van der Waals surface area contributed by atoms with Crippen LogP contribution in [0.3, 0.4) is 0 Å². The van der Waals surface area contributed by atoms with E-state index in [4.69, 9.17) is 4.74 Å². The van der Waals surface area contributed by atoms with Gasteiger partial charge in [0.1, 0.15) is 5.69 Å². The summed E-state index contributed by atoms with van der Waals surface area (Å²) < 4.78 is 6.96. The molecule has 1 saturated heterocycles. The molecule has 1 amide bonds. The first-order chi connectivity index (χ1) is 8.70. The summed E-state index contributed by atoms with van der Waals surface area (Å²) >= 11 is 0. The average Bonchev–Trinajstić information content (AvgIpc) is 2.78. The topological polar surface area (TPSA) is 68.2 Å². The maximum absolute atomic E-state index is 12.0. The molecule has 2 N–H and O–H groups in total. The number of hydrogen-bond donors (Lipinski definition) is 2. The van der Waals surface area contributed by atoms with Crippen molar-refractivity contribution in [3.8, 4) is 0 Å². The number of aromatic nitrogens is 2. The first kappa shape index (κ1) is 13.0. The third-order valence-corrected chi connectivity index (χ3v) is 3.03.